The topological polar surface area (TPSA) is 44.8 Å². The minimum atomic E-state index is -1.08. The first kappa shape index (κ1) is 17.0. The molecule has 0 aromatic heterocycles. The number of carbonyl (C=O) groups is 1. The molecule has 112 valence electrons. The average Bonchev–Trinajstić information content (AvgIpc) is 2.46. The van der Waals surface area contributed by atoms with Crippen LogP contribution in [-0.4, -0.2) is 31.1 Å². The fourth-order valence-electron chi connectivity index (χ4n) is 1.84. The number of halogens is 1. The van der Waals surface area contributed by atoms with Gasteiger partial charge in [-0.1, -0.05) is 28.1 Å². The molecule has 0 bridgehead atoms. The molecule has 0 saturated carbocycles. The lowest BCUT2D eigenvalue weighted by Gasteiger charge is -2.27. The minimum absolute atomic E-state index is 0.327. The summed E-state index contributed by atoms with van der Waals surface area (Å²) in [5.41, 5.74) is -0.331. The highest BCUT2D eigenvalue weighted by Gasteiger charge is 2.37. The van der Waals surface area contributed by atoms with Gasteiger partial charge in [0.15, 0.2) is 5.60 Å². The predicted molar refractivity (Wildman–Crippen MR) is 81.3 cm³/mol. The summed E-state index contributed by atoms with van der Waals surface area (Å²) in [6, 6.07) is 7.31. The van der Waals surface area contributed by atoms with Crippen molar-refractivity contribution in [1.82, 2.24) is 0 Å². The number of rotatable bonds is 8. The second kappa shape index (κ2) is 8.27. The Morgan fingerprint density at radius 2 is 1.85 bits per heavy atom. The third-order valence-electron chi connectivity index (χ3n) is 2.85. The highest BCUT2D eigenvalue weighted by molar-refractivity contribution is 9.09. The highest BCUT2D eigenvalue weighted by atomic mass is 79.9. The molecular weight excluding hydrogens is 324 g/mol. The van der Waals surface area contributed by atoms with Crippen LogP contribution in [0.5, 0.6) is 5.75 Å². The van der Waals surface area contributed by atoms with Gasteiger partial charge in [-0.15, -0.1) is 0 Å². The lowest BCUT2D eigenvalue weighted by Crippen LogP contribution is -2.37. The second-order valence-corrected chi connectivity index (χ2v) is 5.04. The van der Waals surface area contributed by atoms with Crippen molar-refractivity contribution in [2.24, 2.45) is 0 Å². The van der Waals surface area contributed by atoms with E-state index in [1.807, 2.05) is 31.2 Å². The highest BCUT2D eigenvalue weighted by Crippen LogP contribution is 2.28. The molecule has 0 aliphatic carbocycles. The van der Waals surface area contributed by atoms with Gasteiger partial charge in [0.2, 0.25) is 0 Å². The summed E-state index contributed by atoms with van der Waals surface area (Å²) in [4.78, 5) is 12.1. The molecule has 0 aliphatic heterocycles. The van der Waals surface area contributed by atoms with E-state index in [2.05, 4.69) is 15.9 Å². The normalized spacial score (nSPS) is 13.6. The molecule has 1 aromatic rings. The monoisotopic (exact) mass is 344 g/mol. The first-order chi connectivity index (χ1) is 9.58. The van der Waals surface area contributed by atoms with Crippen molar-refractivity contribution in [2.45, 2.75) is 26.4 Å². The van der Waals surface area contributed by atoms with Crippen LogP contribution in [0, 0.1) is 0 Å². The number of ether oxygens (including phenoxy) is 3. The summed E-state index contributed by atoms with van der Waals surface area (Å²) in [5, 5.41) is 0.772. The van der Waals surface area contributed by atoms with Crippen molar-refractivity contribution < 1.29 is 19.0 Å². The van der Waals surface area contributed by atoms with Gasteiger partial charge in [-0.05, 0) is 38.5 Å². The van der Waals surface area contributed by atoms with Crippen LogP contribution >= 0.6 is 15.9 Å². The summed E-state index contributed by atoms with van der Waals surface area (Å²) >= 11 is 3.30. The Kier molecular flexibility index (Phi) is 7.02. The van der Waals surface area contributed by atoms with Crippen LogP contribution in [0.25, 0.3) is 0 Å². The van der Waals surface area contributed by atoms with E-state index >= 15 is 0 Å². The van der Waals surface area contributed by atoms with E-state index in [9.17, 15) is 4.79 Å². The average molecular weight is 345 g/mol. The van der Waals surface area contributed by atoms with Crippen molar-refractivity contribution >= 4 is 21.9 Å². The molecule has 0 N–H and O–H groups in total. The standard InChI is InChI=1S/C15H21BrO4/c1-4-18-14(17)15(3,20-5-2)12-6-8-13(9-7-12)19-11-10-16/h6-9H,4-5,10-11H2,1-3H3. The van der Waals surface area contributed by atoms with Crippen molar-refractivity contribution in [3.63, 3.8) is 0 Å². The maximum atomic E-state index is 12.1. The first-order valence-corrected chi connectivity index (χ1v) is 7.81. The van der Waals surface area contributed by atoms with Crippen LogP contribution in [0.15, 0.2) is 24.3 Å². The molecule has 1 aromatic carbocycles. The van der Waals surface area contributed by atoms with E-state index in [0.717, 1.165) is 16.6 Å². The number of alkyl halides is 1. The van der Waals surface area contributed by atoms with Crippen LogP contribution in [0.2, 0.25) is 0 Å². The van der Waals surface area contributed by atoms with E-state index in [0.29, 0.717) is 19.8 Å². The molecule has 1 atom stereocenters. The molecule has 1 rings (SSSR count). The van der Waals surface area contributed by atoms with Gasteiger partial charge < -0.3 is 14.2 Å². The Morgan fingerprint density at radius 1 is 1.20 bits per heavy atom. The fraction of sp³-hybridized carbons (Fsp3) is 0.533. The maximum absolute atomic E-state index is 12.1. The van der Waals surface area contributed by atoms with Crippen LogP contribution in [-0.2, 0) is 19.9 Å². The molecule has 20 heavy (non-hydrogen) atoms. The summed E-state index contributed by atoms with van der Waals surface area (Å²) in [5.74, 6) is 0.381. The van der Waals surface area contributed by atoms with E-state index in [-0.39, 0.29) is 5.97 Å². The molecule has 0 saturated heterocycles. The predicted octanol–water partition coefficient (Wildman–Crippen LogP) is 3.28. The van der Waals surface area contributed by atoms with Gasteiger partial charge in [-0.2, -0.15) is 0 Å². The maximum Gasteiger partial charge on any atom is 0.342 e. The molecule has 1 unspecified atom stereocenters. The Labute approximate surface area is 128 Å². The molecule has 0 radical (unpaired) electrons. The minimum Gasteiger partial charge on any atom is -0.493 e. The molecule has 0 heterocycles. The second-order valence-electron chi connectivity index (χ2n) is 4.25. The lowest BCUT2D eigenvalue weighted by atomic mass is 9.95. The molecular formula is C15H21BrO4. The smallest absolute Gasteiger partial charge is 0.342 e. The van der Waals surface area contributed by atoms with Gasteiger partial charge >= 0.3 is 5.97 Å². The van der Waals surface area contributed by atoms with Gasteiger partial charge in [-0.25, -0.2) is 4.79 Å². The first-order valence-electron chi connectivity index (χ1n) is 6.69. The summed E-state index contributed by atoms with van der Waals surface area (Å²) in [6.07, 6.45) is 0. The van der Waals surface area contributed by atoms with Crippen molar-refractivity contribution in [2.75, 3.05) is 25.2 Å². The summed E-state index contributed by atoms with van der Waals surface area (Å²) in [7, 11) is 0. The molecule has 0 aliphatic rings. The number of esters is 1. The van der Waals surface area contributed by atoms with Crippen molar-refractivity contribution in [3.8, 4) is 5.75 Å². The van der Waals surface area contributed by atoms with Gasteiger partial charge in [0.1, 0.15) is 5.75 Å². The summed E-state index contributed by atoms with van der Waals surface area (Å²) in [6.45, 7) is 6.71. The van der Waals surface area contributed by atoms with Gasteiger partial charge in [0.05, 0.1) is 13.2 Å². The zero-order valence-corrected chi connectivity index (χ0v) is 13.7. The number of benzene rings is 1. The number of carbonyl (C=O) groups excluding carboxylic acids is 1. The van der Waals surface area contributed by atoms with Crippen molar-refractivity contribution in [3.05, 3.63) is 29.8 Å². The lowest BCUT2D eigenvalue weighted by molar-refractivity contribution is -0.171. The van der Waals surface area contributed by atoms with E-state index in [1.165, 1.54) is 0 Å². The Bertz CT molecular complexity index is 418. The third kappa shape index (κ3) is 4.21. The van der Waals surface area contributed by atoms with Gasteiger partial charge in [0, 0.05) is 11.9 Å². The van der Waals surface area contributed by atoms with Gasteiger partial charge in [-0.3, -0.25) is 0 Å². The van der Waals surface area contributed by atoms with Crippen LogP contribution in [0.3, 0.4) is 0 Å². The SMILES string of the molecule is CCOC(=O)C(C)(OCC)c1ccc(OCCBr)cc1. The van der Waals surface area contributed by atoms with Crippen molar-refractivity contribution in [1.29, 1.82) is 0 Å². The third-order valence-corrected chi connectivity index (χ3v) is 3.17. The molecule has 0 spiro atoms. The zero-order valence-electron chi connectivity index (χ0n) is 12.1. The quantitative estimate of drug-likeness (QED) is 0.536. The van der Waals surface area contributed by atoms with E-state index in [1.54, 1.807) is 13.8 Å². The number of hydrogen-bond acceptors (Lipinski definition) is 4. The molecule has 0 fully saturated rings. The Morgan fingerprint density at radius 3 is 2.35 bits per heavy atom. The molecule has 0 amide bonds. The summed E-state index contributed by atoms with van der Waals surface area (Å²) < 4.78 is 16.2. The van der Waals surface area contributed by atoms with Crippen LogP contribution in [0.1, 0.15) is 26.3 Å². The van der Waals surface area contributed by atoms with Crippen LogP contribution < -0.4 is 4.74 Å². The zero-order chi connectivity index (χ0) is 15.0. The van der Waals surface area contributed by atoms with E-state index in [4.69, 9.17) is 14.2 Å². The van der Waals surface area contributed by atoms with Gasteiger partial charge in [0.25, 0.3) is 0 Å². The molecule has 4 nitrogen and oxygen atoms in total. The van der Waals surface area contributed by atoms with E-state index < -0.39 is 5.60 Å². The van der Waals surface area contributed by atoms with Crippen LogP contribution in [0.4, 0.5) is 0 Å². The Hall–Kier alpha value is -1.07. The molecule has 5 heteroatoms. The Balaban J connectivity index is 2.94. The largest absolute Gasteiger partial charge is 0.493 e. The number of hydrogen-bond donors (Lipinski definition) is 0. The fourth-order valence-corrected chi connectivity index (χ4v) is 2.01.